The van der Waals surface area contributed by atoms with Crippen LogP contribution in [0.25, 0.3) is 0 Å². The molecule has 0 bridgehead atoms. The highest BCUT2D eigenvalue weighted by Crippen LogP contribution is 2.28. The predicted octanol–water partition coefficient (Wildman–Crippen LogP) is 0.915. The van der Waals surface area contributed by atoms with Gasteiger partial charge in [-0.1, -0.05) is 46.0 Å². The number of carbonyl (C=O) groups excluding carboxylic acids is 3. The molecule has 2 aliphatic rings. The van der Waals surface area contributed by atoms with Gasteiger partial charge in [-0.2, -0.15) is 0 Å². The molecule has 8 nitrogen and oxygen atoms in total. The number of aliphatic hydroxyl groups excluding tert-OH is 1. The number of carbonyl (C=O) groups is 3. The van der Waals surface area contributed by atoms with Crippen molar-refractivity contribution in [2.45, 2.75) is 89.8 Å². The first-order valence-corrected chi connectivity index (χ1v) is 11.5. The van der Waals surface area contributed by atoms with Gasteiger partial charge in [0.15, 0.2) is 0 Å². The summed E-state index contributed by atoms with van der Waals surface area (Å²) in [6.07, 6.45) is 6.61. The van der Waals surface area contributed by atoms with Gasteiger partial charge in [0.2, 0.25) is 17.7 Å². The standard InChI is InChI=1S/C22H40N4O4/c1-15(2)13-24-20(28)12-19(27)18(11-16-7-4-3-5-8-16)25-22(30)17(23)14-26-10-6-9-21(26)29/h15-19,27H,3-14,23H2,1-2H3,(H,24,28)(H,25,30)/t17-,18-,19-/m0/s1. The van der Waals surface area contributed by atoms with Crippen molar-refractivity contribution < 1.29 is 19.5 Å². The molecule has 2 rings (SSSR count). The molecule has 0 radical (unpaired) electrons. The molecule has 172 valence electrons. The van der Waals surface area contributed by atoms with E-state index in [2.05, 4.69) is 10.6 Å². The molecule has 5 N–H and O–H groups in total. The average Bonchev–Trinajstić information content (AvgIpc) is 3.11. The Morgan fingerprint density at radius 3 is 2.50 bits per heavy atom. The lowest BCUT2D eigenvalue weighted by atomic mass is 9.83. The molecule has 1 aliphatic carbocycles. The van der Waals surface area contributed by atoms with Crippen LogP contribution in [0.1, 0.15) is 71.6 Å². The summed E-state index contributed by atoms with van der Waals surface area (Å²) in [6.45, 7) is 5.39. The normalized spacial score (nSPS) is 20.8. The van der Waals surface area contributed by atoms with Gasteiger partial charge in [0, 0.05) is 26.1 Å². The Bertz CT molecular complexity index is 577. The highest BCUT2D eigenvalue weighted by molar-refractivity contribution is 5.84. The maximum atomic E-state index is 12.7. The van der Waals surface area contributed by atoms with Crippen molar-refractivity contribution in [2.75, 3.05) is 19.6 Å². The van der Waals surface area contributed by atoms with E-state index in [0.717, 1.165) is 32.1 Å². The number of aliphatic hydroxyl groups is 1. The van der Waals surface area contributed by atoms with Gasteiger partial charge in [-0.25, -0.2) is 0 Å². The van der Waals surface area contributed by atoms with Crippen molar-refractivity contribution in [1.82, 2.24) is 15.5 Å². The fourth-order valence-electron chi connectivity index (χ4n) is 4.32. The summed E-state index contributed by atoms with van der Waals surface area (Å²) >= 11 is 0. The van der Waals surface area contributed by atoms with Crippen LogP contribution in [0.2, 0.25) is 0 Å². The minimum atomic E-state index is -0.969. The molecule has 1 saturated heterocycles. The Hall–Kier alpha value is -1.67. The summed E-state index contributed by atoms with van der Waals surface area (Å²) in [6, 6.07) is -1.37. The van der Waals surface area contributed by atoms with E-state index in [9.17, 15) is 19.5 Å². The van der Waals surface area contributed by atoms with Gasteiger partial charge in [0.25, 0.3) is 0 Å². The van der Waals surface area contributed by atoms with Crippen LogP contribution in [-0.2, 0) is 14.4 Å². The number of amides is 3. The van der Waals surface area contributed by atoms with E-state index < -0.39 is 18.2 Å². The number of rotatable bonds is 11. The van der Waals surface area contributed by atoms with Crippen molar-refractivity contribution in [3.05, 3.63) is 0 Å². The second-order valence-corrected chi connectivity index (χ2v) is 9.37. The highest BCUT2D eigenvalue weighted by atomic mass is 16.3. The van der Waals surface area contributed by atoms with E-state index in [-0.39, 0.29) is 30.7 Å². The summed E-state index contributed by atoms with van der Waals surface area (Å²) in [5.74, 6) is 0.186. The molecule has 0 aromatic carbocycles. The third-order valence-electron chi connectivity index (χ3n) is 6.13. The Balaban J connectivity index is 1.94. The molecule has 0 unspecified atom stereocenters. The number of likely N-dealkylation sites (tertiary alicyclic amines) is 1. The van der Waals surface area contributed by atoms with Crippen LogP contribution in [0, 0.1) is 11.8 Å². The lowest BCUT2D eigenvalue weighted by molar-refractivity contribution is -0.130. The van der Waals surface area contributed by atoms with E-state index in [0.29, 0.717) is 37.8 Å². The number of hydrogen-bond donors (Lipinski definition) is 4. The molecular weight excluding hydrogens is 384 g/mol. The second kappa shape index (κ2) is 12.2. The van der Waals surface area contributed by atoms with Crippen LogP contribution in [0.5, 0.6) is 0 Å². The average molecular weight is 425 g/mol. The van der Waals surface area contributed by atoms with Crippen LogP contribution in [-0.4, -0.2) is 65.5 Å². The topological polar surface area (TPSA) is 125 Å². The van der Waals surface area contributed by atoms with Crippen LogP contribution < -0.4 is 16.4 Å². The maximum Gasteiger partial charge on any atom is 0.239 e. The lowest BCUT2D eigenvalue weighted by Crippen LogP contribution is -2.54. The van der Waals surface area contributed by atoms with E-state index in [4.69, 9.17) is 5.73 Å². The summed E-state index contributed by atoms with van der Waals surface area (Å²) < 4.78 is 0. The molecule has 0 spiro atoms. The smallest absolute Gasteiger partial charge is 0.239 e. The monoisotopic (exact) mass is 424 g/mol. The molecule has 0 aromatic rings. The maximum absolute atomic E-state index is 12.7. The number of nitrogens with two attached hydrogens (primary N) is 1. The Labute approximate surface area is 180 Å². The third-order valence-corrected chi connectivity index (χ3v) is 6.13. The molecule has 8 heteroatoms. The largest absolute Gasteiger partial charge is 0.390 e. The van der Waals surface area contributed by atoms with Gasteiger partial charge < -0.3 is 26.4 Å². The van der Waals surface area contributed by atoms with Crippen LogP contribution in [0.4, 0.5) is 0 Å². The fraction of sp³-hybridized carbons (Fsp3) is 0.864. The van der Waals surface area contributed by atoms with Crippen LogP contribution in [0.3, 0.4) is 0 Å². The first-order chi connectivity index (χ1) is 14.3. The van der Waals surface area contributed by atoms with E-state index >= 15 is 0 Å². The van der Waals surface area contributed by atoms with Gasteiger partial charge in [-0.15, -0.1) is 0 Å². The van der Waals surface area contributed by atoms with Gasteiger partial charge in [0.1, 0.15) is 6.04 Å². The highest BCUT2D eigenvalue weighted by Gasteiger charge is 2.31. The molecule has 3 atom stereocenters. The summed E-state index contributed by atoms with van der Waals surface area (Å²) in [5, 5.41) is 16.5. The summed E-state index contributed by atoms with van der Waals surface area (Å²) in [4.78, 5) is 38.3. The van der Waals surface area contributed by atoms with Crippen molar-refractivity contribution in [1.29, 1.82) is 0 Å². The zero-order valence-corrected chi connectivity index (χ0v) is 18.6. The van der Waals surface area contributed by atoms with Crippen molar-refractivity contribution in [2.24, 2.45) is 17.6 Å². The fourth-order valence-corrected chi connectivity index (χ4v) is 4.32. The number of hydrogen-bond acceptors (Lipinski definition) is 5. The minimum Gasteiger partial charge on any atom is -0.390 e. The molecule has 2 fully saturated rings. The zero-order chi connectivity index (χ0) is 22.1. The van der Waals surface area contributed by atoms with Gasteiger partial charge in [0.05, 0.1) is 18.6 Å². The Morgan fingerprint density at radius 2 is 1.90 bits per heavy atom. The Morgan fingerprint density at radius 1 is 1.20 bits per heavy atom. The molecular formula is C22H40N4O4. The molecule has 1 saturated carbocycles. The zero-order valence-electron chi connectivity index (χ0n) is 18.6. The quantitative estimate of drug-likeness (QED) is 0.392. The molecule has 1 heterocycles. The van der Waals surface area contributed by atoms with E-state index in [1.54, 1.807) is 4.90 Å². The predicted molar refractivity (Wildman–Crippen MR) is 115 cm³/mol. The van der Waals surface area contributed by atoms with Gasteiger partial charge in [-0.3, -0.25) is 14.4 Å². The number of nitrogens with one attached hydrogen (secondary N) is 2. The third kappa shape index (κ3) is 8.22. The molecule has 1 aliphatic heterocycles. The van der Waals surface area contributed by atoms with Crippen molar-refractivity contribution in [3.63, 3.8) is 0 Å². The number of nitrogens with zero attached hydrogens (tertiary/aromatic N) is 1. The first kappa shape index (κ1) is 24.6. The SMILES string of the molecule is CC(C)CNC(=O)C[C@H](O)[C@H](CC1CCCCC1)NC(=O)[C@@H](N)CN1CCCC1=O. The van der Waals surface area contributed by atoms with Crippen molar-refractivity contribution in [3.8, 4) is 0 Å². The molecule has 0 aromatic heterocycles. The van der Waals surface area contributed by atoms with E-state index in [1.807, 2.05) is 13.8 Å². The van der Waals surface area contributed by atoms with Gasteiger partial charge in [-0.05, 0) is 24.7 Å². The van der Waals surface area contributed by atoms with Gasteiger partial charge >= 0.3 is 0 Å². The van der Waals surface area contributed by atoms with Crippen LogP contribution in [0.15, 0.2) is 0 Å². The lowest BCUT2D eigenvalue weighted by Gasteiger charge is -2.31. The van der Waals surface area contributed by atoms with E-state index in [1.165, 1.54) is 6.42 Å². The summed E-state index contributed by atoms with van der Waals surface area (Å²) in [5.41, 5.74) is 6.06. The minimum absolute atomic E-state index is 0.0267. The Kier molecular flexibility index (Phi) is 10.0. The second-order valence-electron chi connectivity index (χ2n) is 9.37. The van der Waals surface area contributed by atoms with Crippen molar-refractivity contribution >= 4 is 17.7 Å². The summed E-state index contributed by atoms with van der Waals surface area (Å²) in [7, 11) is 0. The molecule has 30 heavy (non-hydrogen) atoms. The molecule has 3 amide bonds. The van der Waals surface area contributed by atoms with Crippen LogP contribution >= 0.6 is 0 Å². The first-order valence-electron chi connectivity index (χ1n) is 11.5.